The molecule has 0 spiro atoms. The lowest BCUT2D eigenvalue weighted by Crippen LogP contribution is -2.22. The van der Waals surface area contributed by atoms with Gasteiger partial charge in [-0.2, -0.15) is 0 Å². The van der Waals surface area contributed by atoms with Gasteiger partial charge in [0.15, 0.2) is 5.65 Å². The van der Waals surface area contributed by atoms with E-state index in [2.05, 4.69) is 19.9 Å². The summed E-state index contributed by atoms with van der Waals surface area (Å²) in [6, 6.07) is 0. The third kappa shape index (κ3) is 2.45. The highest BCUT2D eigenvalue weighted by molar-refractivity contribution is 8.00. The van der Waals surface area contributed by atoms with Crippen LogP contribution >= 0.6 is 11.8 Å². The van der Waals surface area contributed by atoms with E-state index in [1.54, 1.807) is 6.33 Å². The molecule has 0 aliphatic heterocycles. The number of rotatable bonds is 4. The molecule has 2 unspecified atom stereocenters. The molecule has 2 aromatic heterocycles. The summed E-state index contributed by atoms with van der Waals surface area (Å²) in [7, 11) is 1.40. The average Bonchev–Trinajstić information content (AvgIpc) is 2.86. The number of methoxy groups -OCH3 is 1. The van der Waals surface area contributed by atoms with Gasteiger partial charge in [0, 0.05) is 5.25 Å². The Bertz CT molecular complexity index is 557. The normalized spacial score (nSPS) is 14.4. The van der Waals surface area contributed by atoms with Crippen LogP contribution in [0.4, 0.5) is 0 Å². The number of aromatic amines is 1. The zero-order valence-corrected chi connectivity index (χ0v) is 11.2. The third-order valence-electron chi connectivity index (χ3n) is 2.76. The van der Waals surface area contributed by atoms with Crippen LogP contribution in [0.1, 0.15) is 13.8 Å². The van der Waals surface area contributed by atoms with Crippen LogP contribution in [0.3, 0.4) is 0 Å². The molecule has 0 fully saturated rings. The fraction of sp³-hybridized carbons (Fsp3) is 0.455. The monoisotopic (exact) mass is 266 g/mol. The van der Waals surface area contributed by atoms with Crippen LogP contribution in [0.25, 0.3) is 11.2 Å². The minimum atomic E-state index is -0.218. The number of carbonyl (C=O) groups is 1. The van der Waals surface area contributed by atoms with Crippen molar-refractivity contribution in [3.05, 3.63) is 12.7 Å². The Hall–Kier alpha value is -1.63. The Labute approximate surface area is 109 Å². The number of esters is 1. The van der Waals surface area contributed by atoms with Crippen molar-refractivity contribution < 1.29 is 9.53 Å². The number of carbonyl (C=O) groups excluding carboxylic acids is 1. The van der Waals surface area contributed by atoms with Crippen molar-refractivity contribution in [2.75, 3.05) is 7.11 Å². The van der Waals surface area contributed by atoms with E-state index in [1.165, 1.54) is 25.2 Å². The van der Waals surface area contributed by atoms with Crippen LogP contribution < -0.4 is 0 Å². The van der Waals surface area contributed by atoms with Gasteiger partial charge >= 0.3 is 5.97 Å². The first kappa shape index (κ1) is 12.8. The minimum absolute atomic E-state index is 0.0545. The Balaban J connectivity index is 2.18. The largest absolute Gasteiger partial charge is 0.469 e. The molecular weight excluding hydrogens is 252 g/mol. The number of ether oxygens (including phenoxy) is 1. The number of hydrogen-bond donors (Lipinski definition) is 1. The van der Waals surface area contributed by atoms with Gasteiger partial charge in [0.25, 0.3) is 0 Å². The highest BCUT2D eigenvalue weighted by atomic mass is 32.2. The molecule has 96 valence electrons. The fourth-order valence-corrected chi connectivity index (χ4v) is 2.53. The summed E-state index contributed by atoms with van der Waals surface area (Å²) < 4.78 is 4.74. The lowest BCUT2D eigenvalue weighted by Gasteiger charge is -2.16. The van der Waals surface area contributed by atoms with E-state index in [9.17, 15) is 4.79 Å². The van der Waals surface area contributed by atoms with Crippen LogP contribution in [-0.4, -0.2) is 38.3 Å². The summed E-state index contributed by atoms with van der Waals surface area (Å²) in [5.41, 5.74) is 1.43. The number of hydrogen-bond acceptors (Lipinski definition) is 6. The summed E-state index contributed by atoms with van der Waals surface area (Å²) in [6.07, 6.45) is 3.05. The second-order valence-corrected chi connectivity index (χ2v) is 5.28. The zero-order valence-electron chi connectivity index (χ0n) is 10.4. The molecule has 0 amide bonds. The number of imidazole rings is 1. The lowest BCUT2D eigenvalue weighted by molar-refractivity contribution is -0.144. The van der Waals surface area contributed by atoms with Gasteiger partial charge in [-0.15, -0.1) is 11.8 Å². The topological polar surface area (TPSA) is 80.8 Å². The lowest BCUT2D eigenvalue weighted by atomic mass is 10.1. The molecule has 0 bridgehead atoms. The van der Waals surface area contributed by atoms with Gasteiger partial charge in [-0.1, -0.05) is 13.8 Å². The van der Waals surface area contributed by atoms with Crippen molar-refractivity contribution in [2.24, 2.45) is 5.92 Å². The van der Waals surface area contributed by atoms with Gasteiger partial charge in [-0.3, -0.25) is 4.79 Å². The van der Waals surface area contributed by atoms with Crippen LogP contribution in [0, 0.1) is 5.92 Å². The second-order valence-electron chi connectivity index (χ2n) is 3.91. The molecule has 0 aromatic carbocycles. The number of nitrogens with one attached hydrogen (secondary N) is 1. The first-order valence-electron chi connectivity index (χ1n) is 5.52. The maximum atomic E-state index is 11.5. The highest BCUT2D eigenvalue weighted by Gasteiger charge is 2.23. The summed E-state index contributed by atoms with van der Waals surface area (Å²) in [4.78, 5) is 26.8. The number of nitrogens with zero attached hydrogens (tertiary/aromatic N) is 3. The summed E-state index contributed by atoms with van der Waals surface area (Å²) in [5.74, 6) is -0.419. The second kappa shape index (κ2) is 5.34. The first-order valence-corrected chi connectivity index (χ1v) is 6.40. The first-order chi connectivity index (χ1) is 8.63. The van der Waals surface area contributed by atoms with Crippen LogP contribution in [-0.2, 0) is 9.53 Å². The molecular formula is C11H14N4O2S. The van der Waals surface area contributed by atoms with Crippen LogP contribution in [0.5, 0.6) is 0 Å². The van der Waals surface area contributed by atoms with Crippen molar-refractivity contribution in [1.82, 2.24) is 19.9 Å². The Morgan fingerprint density at radius 2 is 2.17 bits per heavy atom. The molecule has 0 aliphatic carbocycles. The fourth-order valence-electron chi connectivity index (χ4n) is 1.49. The predicted molar refractivity (Wildman–Crippen MR) is 68.2 cm³/mol. The van der Waals surface area contributed by atoms with E-state index in [4.69, 9.17) is 4.74 Å². The van der Waals surface area contributed by atoms with Crippen molar-refractivity contribution in [3.8, 4) is 0 Å². The van der Waals surface area contributed by atoms with Gasteiger partial charge in [-0.25, -0.2) is 15.0 Å². The molecule has 0 saturated carbocycles. The molecule has 2 atom stereocenters. The standard InChI is InChI=1S/C11H14N4O2S/c1-6(11(16)17-3)7(2)18-10-8-9(13-4-12-8)14-5-15-10/h4-7H,1-3H3,(H,12,13,14,15). The van der Waals surface area contributed by atoms with Gasteiger partial charge in [0.2, 0.25) is 0 Å². The number of H-pyrrole nitrogens is 1. The third-order valence-corrected chi connectivity index (χ3v) is 4.08. The van der Waals surface area contributed by atoms with E-state index >= 15 is 0 Å². The molecule has 0 saturated heterocycles. The summed E-state index contributed by atoms with van der Waals surface area (Å²) in [5, 5.41) is 0.847. The van der Waals surface area contributed by atoms with E-state index < -0.39 is 0 Å². The average molecular weight is 266 g/mol. The molecule has 7 heteroatoms. The Kier molecular flexibility index (Phi) is 3.81. The van der Waals surface area contributed by atoms with Crippen LogP contribution in [0.15, 0.2) is 17.7 Å². The number of aromatic nitrogens is 4. The summed E-state index contributed by atoms with van der Waals surface area (Å²) in [6.45, 7) is 3.81. The molecule has 0 radical (unpaired) electrons. The van der Waals surface area contributed by atoms with Gasteiger partial charge in [-0.05, 0) is 0 Å². The van der Waals surface area contributed by atoms with Gasteiger partial charge in [0.1, 0.15) is 16.9 Å². The Morgan fingerprint density at radius 3 is 2.89 bits per heavy atom. The predicted octanol–water partition coefficient (Wildman–Crippen LogP) is 1.64. The number of fused-ring (bicyclic) bond motifs is 1. The molecule has 0 aliphatic rings. The van der Waals surface area contributed by atoms with Crippen molar-refractivity contribution in [2.45, 2.75) is 24.1 Å². The van der Waals surface area contributed by atoms with E-state index in [1.807, 2.05) is 13.8 Å². The quantitative estimate of drug-likeness (QED) is 0.515. The SMILES string of the molecule is COC(=O)C(C)C(C)Sc1ncnc2nc[nH]c12. The van der Waals surface area contributed by atoms with E-state index in [-0.39, 0.29) is 17.1 Å². The summed E-state index contributed by atoms with van der Waals surface area (Å²) >= 11 is 1.51. The molecule has 6 nitrogen and oxygen atoms in total. The highest BCUT2D eigenvalue weighted by Crippen LogP contribution is 2.30. The van der Waals surface area contributed by atoms with Crippen molar-refractivity contribution >= 4 is 28.9 Å². The molecule has 2 aromatic rings. The van der Waals surface area contributed by atoms with Gasteiger partial charge < -0.3 is 9.72 Å². The number of thioether (sulfide) groups is 1. The maximum absolute atomic E-state index is 11.5. The smallest absolute Gasteiger partial charge is 0.309 e. The van der Waals surface area contributed by atoms with E-state index in [0.717, 1.165) is 10.5 Å². The Morgan fingerprint density at radius 1 is 1.39 bits per heavy atom. The van der Waals surface area contributed by atoms with E-state index in [0.29, 0.717) is 5.65 Å². The minimum Gasteiger partial charge on any atom is -0.469 e. The van der Waals surface area contributed by atoms with Crippen molar-refractivity contribution in [3.63, 3.8) is 0 Å². The molecule has 2 heterocycles. The molecule has 18 heavy (non-hydrogen) atoms. The van der Waals surface area contributed by atoms with Crippen molar-refractivity contribution in [1.29, 1.82) is 0 Å². The molecule has 1 N–H and O–H groups in total. The molecule has 2 rings (SSSR count). The van der Waals surface area contributed by atoms with Gasteiger partial charge in [0.05, 0.1) is 19.4 Å². The van der Waals surface area contributed by atoms with Crippen LogP contribution in [0.2, 0.25) is 0 Å². The maximum Gasteiger partial charge on any atom is 0.309 e. The zero-order chi connectivity index (χ0) is 13.1.